The van der Waals surface area contributed by atoms with Crippen LogP contribution in [0.4, 0.5) is 39.5 Å². The molecule has 0 amide bonds. The van der Waals surface area contributed by atoms with Gasteiger partial charge >= 0.3 is 23.9 Å². The van der Waals surface area contributed by atoms with Gasteiger partial charge in [-0.25, -0.2) is 9.13 Å². The molecule has 0 spiro atoms. The number of alkyl halides is 9. The molecular weight excluding hydrogens is 570 g/mol. The normalized spacial score (nSPS) is 13.3. The third-order valence-electron chi connectivity index (χ3n) is 6.27. The lowest BCUT2D eigenvalue weighted by molar-refractivity contribution is -0.687. The molecule has 0 fully saturated rings. The summed E-state index contributed by atoms with van der Waals surface area (Å²) in [6.45, 7) is 1.36. The van der Waals surface area contributed by atoms with Crippen LogP contribution in [0.3, 0.4) is 0 Å². The monoisotopic (exact) mass is 599 g/mol. The first kappa shape index (κ1) is 32.6. The van der Waals surface area contributed by atoms with Crippen LogP contribution in [0.15, 0.2) is 36.9 Å². The zero-order chi connectivity index (χ0) is 28.6. The molecule has 13 heteroatoms. The molecule has 0 N–H and O–H groups in total. The van der Waals surface area contributed by atoms with Crippen molar-refractivity contribution in [1.82, 2.24) is 4.57 Å². The standard InChI is InChI=1S/C25H30Cl2F9N2/c26-20-11-10-12-21(27)19(20)17-38-16-15-37(18-38)14-9-7-5-3-1-2-4-6-8-13-22(28,29)23(30,31)24(32,33)25(34,35)36/h10-12,15-16,18H,1-9,13-14,17H2/q+1. The number of benzene rings is 1. The topological polar surface area (TPSA) is 8.81 Å². The molecule has 1 aromatic heterocycles. The summed E-state index contributed by atoms with van der Waals surface area (Å²) >= 11 is 12.4. The fraction of sp³-hybridized carbons (Fsp3) is 0.640. The Labute approximate surface area is 225 Å². The maximum atomic E-state index is 13.5. The summed E-state index contributed by atoms with van der Waals surface area (Å²) in [5.74, 6) is -18.8. The lowest BCUT2D eigenvalue weighted by Crippen LogP contribution is -2.60. The van der Waals surface area contributed by atoms with Gasteiger partial charge < -0.3 is 0 Å². The quantitative estimate of drug-likeness (QED) is 0.103. The smallest absolute Gasteiger partial charge is 0.237 e. The lowest BCUT2D eigenvalue weighted by atomic mass is 9.97. The van der Waals surface area contributed by atoms with E-state index in [1.54, 1.807) is 18.2 Å². The summed E-state index contributed by atoms with van der Waals surface area (Å²) in [5.41, 5.74) is 0.841. The van der Waals surface area contributed by atoms with E-state index in [0.717, 1.165) is 44.2 Å². The zero-order valence-electron chi connectivity index (χ0n) is 20.5. The number of aryl methyl sites for hydroxylation is 1. The first-order valence-corrected chi connectivity index (χ1v) is 13.0. The van der Waals surface area contributed by atoms with Crippen LogP contribution >= 0.6 is 23.2 Å². The van der Waals surface area contributed by atoms with Gasteiger partial charge in [-0.1, -0.05) is 67.8 Å². The van der Waals surface area contributed by atoms with Gasteiger partial charge in [-0.05, 0) is 31.4 Å². The van der Waals surface area contributed by atoms with Gasteiger partial charge in [-0.15, -0.1) is 0 Å². The second-order valence-corrected chi connectivity index (χ2v) is 10.1. The van der Waals surface area contributed by atoms with Gasteiger partial charge in [0.15, 0.2) is 0 Å². The van der Waals surface area contributed by atoms with E-state index in [2.05, 4.69) is 4.57 Å². The Morgan fingerprint density at radius 3 is 1.71 bits per heavy atom. The second-order valence-electron chi connectivity index (χ2n) is 9.31. The number of rotatable bonds is 16. The predicted octanol–water partition coefficient (Wildman–Crippen LogP) is 9.50. The van der Waals surface area contributed by atoms with Crippen LogP contribution < -0.4 is 4.57 Å². The Bertz CT molecular complexity index is 987. The molecule has 0 bridgehead atoms. The van der Waals surface area contributed by atoms with Crippen molar-refractivity contribution in [1.29, 1.82) is 0 Å². The maximum Gasteiger partial charge on any atom is 0.460 e. The molecule has 0 aliphatic carbocycles. The molecular formula is C25H30Cl2F9N2+. The van der Waals surface area contributed by atoms with Crippen LogP contribution in [0.1, 0.15) is 69.8 Å². The van der Waals surface area contributed by atoms with Crippen molar-refractivity contribution in [3.63, 3.8) is 0 Å². The van der Waals surface area contributed by atoms with Crippen molar-refractivity contribution in [3.05, 3.63) is 52.5 Å². The molecule has 2 aromatic rings. The maximum absolute atomic E-state index is 13.5. The van der Waals surface area contributed by atoms with Gasteiger partial charge in [0.25, 0.3) is 0 Å². The molecule has 0 saturated carbocycles. The SMILES string of the molecule is FC(F)(F)C(F)(F)C(F)(F)C(F)(F)CCCCCCCCCCCn1cc[n+](Cc2c(Cl)cccc2Cl)c1. The summed E-state index contributed by atoms with van der Waals surface area (Å²) in [5, 5.41) is 1.20. The molecule has 2 nitrogen and oxygen atoms in total. The number of unbranched alkanes of at least 4 members (excludes halogenated alkanes) is 8. The van der Waals surface area contributed by atoms with Gasteiger partial charge in [0.2, 0.25) is 6.33 Å². The van der Waals surface area contributed by atoms with Crippen molar-refractivity contribution in [3.8, 4) is 0 Å². The van der Waals surface area contributed by atoms with Crippen LogP contribution in [-0.4, -0.2) is 28.5 Å². The Balaban J connectivity index is 1.56. The number of hydrogen-bond acceptors (Lipinski definition) is 0. The van der Waals surface area contributed by atoms with E-state index in [0.29, 0.717) is 29.4 Å². The van der Waals surface area contributed by atoms with Crippen LogP contribution in [0.2, 0.25) is 10.0 Å². The van der Waals surface area contributed by atoms with Gasteiger partial charge in [-0.3, -0.25) is 0 Å². The number of imidazole rings is 1. The number of halogens is 11. The average molecular weight is 600 g/mol. The molecule has 0 saturated heterocycles. The molecule has 0 aliphatic rings. The van der Waals surface area contributed by atoms with E-state index in [-0.39, 0.29) is 6.42 Å². The summed E-state index contributed by atoms with van der Waals surface area (Å²) in [6.07, 6.45) is 2.32. The zero-order valence-corrected chi connectivity index (χ0v) is 22.0. The largest absolute Gasteiger partial charge is 0.460 e. The van der Waals surface area contributed by atoms with Crippen molar-refractivity contribution in [2.24, 2.45) is 0 Å². The minimum Gasteiger partial charge on any atom is -0.237 e. The van der Waals surface area contributed by atoms with E-state index in [1.165, 1.54) is 0 Å². The summed E-state index contributed by atoms with van der Waals surface area (Å²) < 4.78 is 120. The highest BCUT2D eigenvalue weighted by Crippen LogP contribution is 2.54. The number of aromatic nitrogens is 2. The summed E-state index contributed by atoms with van der Waals surface area (Å²) in [4.78, 5) is 0. The third-order valence-corrected chi connectivity index (χ3v) is 6.97. The number of nitrogens with zero attached hydrogens (tertiary/aromatic N) is 2. The van der Waals surface area contributed by atoms with Crippen molar-refractivity contribution >= 4 is 23.2 Å². The summed E-state index contributed by atoms with van der Waals surface area (Å²) in [6, 6.07) is 5.35. The van der Waals surface area contributed by atoms with E-state index in [4.69, 9.17) is 23.2 Å². The highest BCUT2D eigenvalue weighted by Gasteiger charge is 2.81. The highest BCUT2D eigenvalue weighted by molar-refractivity contribution is 6.35. The Kier molecular flexibility index (Phi) is 11.7. The van der Waals surface area contributed by atoms with Crippen molar-refractivity contribution in [2.75, 3.05) is 0 Å². The first-order valence-electron chi connectivity index (χ1n) is 12.3. The Morgan fingerprint density at radius 1 is 0.684 bits per heavy atom. The van der Waals surface area contributed by atoms with Crippen molar-refractivity contribution < 1.29 is 44.1 Å². The molecule has 1 aromatic carbocycles. The number of hydrogen-bond donors (Lipinski definition) is 0. The third kappa shape index (κ3) is 8.44. The van der Waals surface area contributed by atoms with Gasteiger partial charge in [-0.2, -0.15) is 39.5 Å². The molecule has 0 unspecified atom stereocenters. The van der Waals surface area contributed by atoms with Gasteiger partial charge in [0.05, 0.1) is 6.54 Å². The molecule has 216 valence electrons. The van der Waals surface area contributed by atoms with Crippen LogP contribution in [-0.2, 0) is 13.1 Å². The second kappa shape index (κ2) is 13.6. The van der Waals surface area contributed by atoms with E-state index < -0.39 is 36.8 Å². The van der Waals surface area contributed by atoms with E-state index in [9.17, 15) is 39.5 Å². The van der Waals surface area contributed by atoms with Crippen molar-refractivity contribution in [2.45, 2.75) is 101 Å². The predicted molar refractivity (Wildman–Crippen MR) is 127 cm³/mol. The highest BCUT2D eigenvalue weighted by atomic mass is 35.5. The van der Waals surface area contributed by atoms with Crippen LogP contribution in [0, 0.1) is 0 Å². The minimum atomic E-state index is -6.81. The fourth-order valence-corrected chi connectivity index (χ4v) is 4.49. The van der Waals surface area contributed by atoms with E-state index >= 15 is 0 Å². The summed E-state index contributed by atoms with van der Waals surface area (Å²) in [7, 11) is 0. The molecule has 2 rings (SSSR count). The first-order chi connectivity index (χ1) is 17.6. The molecule has 0 atom stereocenters. The van der Waals surface area contributed by atoms with Crippen LogP contribution in [0.25, 0.3) is 0 Å². The molecule has 0 aliphatic heterocycles. The van der Waals surface area contributed by atoms with E-state index in [1.807, 2.05) is 23.3 Å². The van der Waals surface area contributed by atoms with Crippen LogP contribution in [0.5, 0.6) is 0 Å². The molecule has 38 heavy (non-hydrogen) atoms. The molecule has 1 heterocycles. The lowest BCUT2D eigenvalue weighted by Gasteiger charge is -2.33. The fourth-order valence-electron chi connectivity index (χ4n) is 3.97. The Morgan fingerprint density at radius 2 is 1.18 bits per heavy atom. The van der Waals surface area contributed by atoms with Gasteiger partial charge in [0, 0.05) is 22.0 Å². The minimum absolute atomic E-state index is 0.0380. The Hall–Kier alpha value is -1.62. The molecule has 0 radical (unpaired) electrons. The average Bonchev–Trinajstić information content (AvgIpc) is 3.26. The van der Waals surface area contributed by atoms with Gasteiger partial charge in [0.1, 0.15) is 18.9 Å².